The first kappa shape index (κ1) is 16.2. The van der Waals surface area contributed by atoms with E-state index in [1.54, 1.807) is 0 Å². The Bertz CT molecular complexity index is 495. The van der Waals surface area contributed by atoms with Gasteiger partial charge >= 0.3 is 0 Å². The zero-order chi connectivity index (χ0) is 14.9. The fourth-order valence-electron chi connectivity index (χ4n) is 2.27. The molecule has 1 aromatic rings. The molecule has 1 saturated heterocycles. The van der Waals surface area contributed by atoms with Crippen molar-refractivity contribution in [2.75, 3.05) is 38.6 Å². The molecule has 114 valence electrons. The van der Waals surface area contributed by atoms with Crippen LogP contribution in [0.4, 0.5) is 0 Å². The summed E-state index contributed by atoms with van der Waals surface area (Å²) in [7, 11) is 0. The standard InChI is InChI=1S/C17H23NO2S/c1-15-14-18(9-12-21-15)8-11-20-17-7-4-6-16(13-17)5-2-3-10-19/h4,6-7,13,15,19H,3,8-12,14H2,1H3. The quantitative estimate of drug-likeness (QED) is 0.846. The predicted molar refractivity (Wildman–Crippen MR) is 88.9 cm³/mol. The monoisotopic (exact) mass is 305 g/mol. The summed E-state index contributed by atoms with van der Waals surface area (Å²) in [5.74, 6) is 8.04. The molecule has 21 heavy (non-hydrogen) atoms. The lowest BCUT2D eigenvalue weighted by Crippen LogP contribution is -2.39. The molecule has 1 N–H and O–H groups in total. The maximum Gasteiger partial charge on any atom is 0.120 e. The number of hydrogen-bond donors (Lipinski definition) is 1. The van der Waals surface area contributed by atoms with E-state index in [2.05, 4.69) is 23.7 Å². The van der Waals surface area contributed by atoms with E-state index in [0.29, 0.717) is 13.0 Å². The van der Waals surface area contributed by atoms with Gasteiger partial charge in [0.15, 0.2) is 0 Å². The van der Waals surface area contributed by atoms with Crippen LogP contribution < -0.4 is 4.74 Å². The van der Waals surface area contributed by atoms with Crippen LogP contribution in [0.3, 0.4) is 0 Å². The Balaban J connectivity index is 1.78. The number of nitrogens with zero attached hydrogens (tertiary/aromatic N) is 1. The third kappa shape index (κ3) is 6.01. The average Bonchev–Trinajstić information content (AvgIpc) is 2.48. The molecular weight excluding hydrogens is 282 g/mol. The van der Waals surface area contributed by atoms with Crippen LogP contribution in [0.25, 0.3) is 0 Å². The lowest BCUT2D eigenvalue weighted by atomic mass is 10.2. The third-order valence-electron chi connectivity index (χ3n) is 3.31. The molecule has 1 fully saturated rings. The lowest BCUT2D eigenvalue weighted by molar-refractivity contribution is 0.215. The number of rotatable bonds is 5. The fraction of sp³-hybridized carbons (Fsp3) is 0.529. The molecule has 1 aromatic carbocycles. The summed E-state index contributed by atoms with van der Waals surface area (Å²) in [6.07, 6.45) is 0.510. The highest BCUT2D eigenvalue weighted by Gasteiger charge is 2.15. The Kier molecular flexibility index (Phi) is 6.94. The molecule has 1 aliphatic heterocycles. The lowest BCUT2D eigenvalue weighted by Gasteiger charge is -2.30. The van der Waals surface area contributed by atoms with Crippen molar-refractivity contribution in [1.82, 2.24) is 4.90 Å². The zero-order valence-electron chi connectivity index (χ0n) is 12.5. The van der Waals surface area contributed by atoms with Gasteiger partial charge in [0.05, 0.1) is 6.61 Å². The van der Waals surface area contributed by atoms with Crippen molar-refractivity contribution in [3.8, 4) is 17.6 Å². The van der Waals surface area contributed by atoms with Crippen molar-refractivity contribution in [2.45, 2.75) is 18.6 Å². The third-order valence-corrected chi connectivity index (χ3v) is 4.44. The van der Waals surface area contributed by atoms with Crippen molar-refractivity contribution in [2.24, 2.45) is 0 Å². The number of ether oxygens (including phenoxy) is 1. The topological polar surface area (TPSA) is 32.7 Å². The van der Waals surface area contributed by atoms with Crippen molar-refractivity contribution >= 4 is 11.8 Å². The summed E-state index contributed by atoms with van der Waals surface area (Å²) < 4.78 is 5.83. The molecule has 0 amide bonds. The van der Waals surface area contributed by atoms with Gasteiger partial charge in [0.25, 0.3) is 0 Å². The first-order valence-electron chi connectivity index (χ1n) is 7.44. The molecule has 0 radical (unpaired) electrons. The van der Waals surface area contributed by atoms with Gasteiger partial charge in [-0.05, 0) is 18.2 Å². The maximum absolute atomic E-state index is 8.72. The molecule has 0 spiro atoms. The van der Waals surface area contributed by atoms with Gasteiger partial charge in [0, 0.05) is 42.6 Å². The van der Waals surface area contributed by atoms with Crippen molar-refractivity contribution in [1.29, 1.82) is 0 Å². The molecule has 0 aromatic heterocycles. The molecule has 2 rings (SSSR count). The first-order valence-corrected chi connectivity index (χ1v) is 8.49. The summed E-state index contributed by atoms with van der Waals surface area (Å²) in [6.45, 7) is 6.39. The van der Waals surface area contributed by atoms with Crippen LogP contribution in [0.1, 0.15) is 18.9 Å². The predicted octanol–water partition coefficient (Wildman–Crippen LogP) is 2.24. The van der Waals surface area contributed by atoms with Crippen LogP contribution in [0, 0.1) is 11.8 Å². The van der Waals surface area contributed by atoms with Crippen LogP contribution in [0.5, 0.6) is 5.75 Å². The van der Waals surface area contributed by atoms with E-state index in [1.165, 1.54) is 5.75 Å². The van der Waals surface area contributed by atoms with Gasteiger partial charge in [-0.15, -0.1) is 0 Å². The Morgan fingerprint density at radius 2 is 2.38 bits per heavy atom. The highest BCUT2D eigenvalue weighted by molar-refractivity contribution is 7.99. The molecule has 4 heteroatoms. The summed E-state index contributed by atoms with van der Waals surface area (Å²) >= 11 is 2.05. The molecule has 1 heterocycles. The second-order valence-electron chi connectivity index (χ2n) is 5.13. The maximum atomic E-state index is 8.72. The van der Waals surface area contributed by atoms with Crippen LogP contribution in [0.15, 0.2) is 24.3 Å². The van der Waals surface area contributed by atoms with E-state index in [4.69, 9.17) is 9.84 Å². The Labute approximate surface area is 131 Å². The second kappa shape index (κ2) is 8.99. The van der Waals surface area contributed by atoms with Gasteiger partial charge in [-0.1, -0.05) is 24.8 Å². The smallest absolute Gasteiger partial charge is 0.120 e. The van der Waals surface area contributed by atoms with Gasteiger partial charge in [-0.2, -0.15) is 11.8 Å². The molecule has 0 saturated carbocycles. The van der Waals surface area contributed by atoms with Gasteiger partial charge in [-0.25, -0.2) is 0 Å². The fourth-order valence-corrected chi connectivity index (χ4v) is 3.35. The molecule has 1 aliphatic rings. The number of aliphatic hydroxyl groups is 1. The van der Waals surface area contributed by atoms with Gasteiger partial charge < -0.3 is 9.84 Å². The molecule has 1 unspecified atom stereocenters. The largest absolute Gasteiger partial charge is 0.492 e. The molecule has 0 aliphatic carbocycles. The molecule has 1 atom stereocenters. The number of benzene rings is 1. The molecule has 0 bridgehead atoms. The van der Waals surface area contributed by atoms with Crippen molar-refractivity contribution in [3.63, 3.8) is 0 Å². The zero-order valence-corrected chi connectivity index (χ0v) is 13.4. The summed E-state index contributed by atoms with van der Waals surface area (Å²) in [5.41, 5.74) is 0.934. The van der Waals surface area contributed by atoms with E-state index in [0.717, 1.165) is 36.2 Å². The van der Waals surface area contributed by atoms with E-state index >= 15 is 0 Å². The van der Waals surface area contributed by atoms with Gasteiger partial charge in [0.1, 0.15) is 12.4 Å². The van der Waals surface area contributed by atoms with Crippen molar-refractivity contribution < 1.29 is 9.84 Å². The minimum Gasteiger partial charge on any atom is -0.492 e. The van der Waals surface area contributed by atoms with Crippen LogP contribution in [0.2, 0.25) is 0 Å². The number of thioether (sulfide) groups is 1. The van der Waals surface area contributed by atoms with Crippen LogP contribution >= 0.6 is 11.8 Å². The van der Waals surface area contributed by atoms with Gasteiger partial charge in [-0.3, -0.25) is 4.90 Å². The van der Waals surface area contributed by atoms with E-state index in [-0.39, 0.29) is 6.61 Å². The normalized spacial score (nSPS) is 18.9. The van der Waals surface area contributed by atoms with E-state index < -0.39 is 0 Å². The summed E-state index contributed by atoms with van der Waals surface area (Å²) in [4.78, 5) is 2.46. The average molecular weight is 305 g/mol. The summed E-state index contributed by atoms with van der Waals surface area (Å²) in [5, 5.41) is 9.45. The number of aliphatic hydroxyl groups excluding tert-OH is 1. The minimum atomic E-state index is 0.107. The molecule has 3 nitrogen and oxygen atoms in total. The van der Waals surface area contributed by atoms with Crippen LogP contribution in [-0.4, -0.2) is 53.9 Å². The highest BCUT2D eigenvalue weighted by Crippen LogP contribution is 2.17. The molecular formula is C17H23NO2S. The van der Waals surface area contributed by atoms with Gasteiger partial charge in [0.2, 0.25) is 0 Å². The van der Waals surface area contributed by atoms with Crippen LogP contribution in [-0.2, 0) is 0 Å². The SMILES string of the molecule is CC1CN(CCOc2cccc(C#CCCO)c2)CCS1. The first-order chi connectivity index (χ1) is 10.3. The summed E-state index contributed by atoms with van der Waals surface area (Å²) in [6, 6.07) is 7.84. The Morgan fingerprint density at radius 1 is 1.48 bits per heavy atom. The van der Waals surface area contributed by atoms with E-state index in [1.807, 2.05) is 36.0 Å². The Hall–Kier alpha value is -1.15. The van der Waals surface area contributed by atoms with Crippen molar-refractivity contribution in [3.05, 3.63) is 29.8 Å². The Morgan fingerprint density at radius 3 is 3.19 bits per heavy atom. The highest BCUT2D eigenvalue weighted by atomic mass is 32.2. The number of hydrogen-bond acceptors (Lipinski definition) is 4. The van der Waals surface area contributed by atoms with E-state index in [9.17, 15) is 0 Å². The minimum absolute atomic E-state index is 0.107. The second-order valence-corrected chi connectivity index (χ2v) is 6.68.